The Morgan fingerprint density at radius 2 is 1.38 bits per heavy atom. The van der Waals surface area contributed by atoms with Crippen molar-refractivity contribution in [2.45, 2.75) is 31.1 Å². The number of rotatable bonds is 13. The summed E-state index contributed by atoms with van der Waals surface area (Å²) in [6, 6.07) is 24.6. The molecule has 0 heterocycles. The second kappa shape index (κ2) is 14.1. The number of carbonyl (C=O) groups excluding carboxylic acids is 2. The normalized spacial score (nSPS) is 11.9. The van der Waals surface area contributed by atoms with Gasteiger partial charge in [-0.05, 0) is 30.2 Å². The van der Waals surface area contributed by atoms with Gasteiger partial charge in [-0.3, -0.25) is 8.98 Å². The molecule has 3 aromatic carbocycles. The molecule has 37 heavy (non-hydrogen) atoms. The summed E-state index contributed by atoms with van der Waals surface area (Å²) in [4.78, 5) is 24.0. The van der Waals surface area contributed by atoms with Crippen LogP contribution in [0.1, 0.15) is 16.7 Å². The van der Waals surface area contributed by atoms with Crippen molar-refractivity contribution >= 4 is 22.2 Å². The SMILES string of the molecule is Cc1ccc(S(=O)(=O)OCC(COC(=O)CNC(=O)OCc2ccccc2)OCc2ccccc2)cc1. The topological polar surface area (TPSA) is 117 Å². The van der Waals surface area contributed by atoms with Gasteiger partial charge < -0.3 is 19.5 Å². The number of amides is 1. The molecule has 196 valence electrons. The van der Waals surface area contributed by atoms with Crippen LogP contribution >= 0.6 is 0 Å². The molecular formula is C27H29NO8S. The van der Waals surface area contributed by atoms with Gasteiger partial charge in [-0.25, -0.2) is 4.79 Å². The molecule has 0 saturated carbocycles. The van der Waals surface area contributed by atoms with Crippen LogP contribution in [-0.2, 0) is 46.5 Å². The predicted octanol–water partition coefficient (Wildman–Crippen LogP) is 3.76. The molecule has 0 fully saturated rings. The first-order valence-electron chi connectivity index (χ1n) is 11.5. The highest BCUT2D eigenvalue weighted by Crippen LogP contribution is 2.15. The second-order valence-electron chi connectivity index (χ2n) is 8.07. The summed E-state index contributed by atoms with van der Waals surface area (Å²) in [5.74, 6) is -0.744. The van der Waals surface area contributed by atoms with Crippen LogP contribution in [0.15, 0.2) is 89.8 Å². The summed E-state index contributed by atoms with van der Waals surface area (Å²) in [6.45, 7) is 0.974. The minimum absolute atomic E-state index is 0.00937. The number of carbonyl (C=O) groups is 2. The zero-order valence-corrected chi connectivity index (χ0v) is 21.2. The first-order valence-corrected chi connectivity index (χ1v) is 12.9. The molecule has 1 atom stereocenters. The molecule has 1 N–H and O–H groups in total. The molecular weight excluding hydrogens is 498 g/mol. The Morgan fingerprint density at radius 1 is 0.784 bits per heavy atom. The van der Waals surface area contributed by atoms with Gasteiger partial charge in [0, 0.05) is 0 Å². The van der Waals surface area contributed by atoms with Gasteiger partial charge in [-0.1, -0.05) is 78.4 Å². The molecule has 3 rings (SSSR count). The maximum absolute atomic E-state index is 12.6. The smallest absolute Gasteiger partial charge is 0.407 e. The van der Waals surface area contributed by atoms with Gasteiger partial charge >= 0.3 is 12.1 Å². The Morgan fingerprint density at radius 3 is 2.00 bits per heavy atom. The van der Waals surface area contributed by atoms with E-state index in [0.717, 1.165) is 16.7 Å². The van der Waals surface area contributed by atoms with Crippen LogP contribution in [0.3, 0.4) is 0 Å². The van der Waals surface area contributed by atoms with Gasteiger partial charge in [0.15, 0.2) is 0 Å². The van der Waals surface area contributed by atoms with Crippen molar-refractivity contribution in [3.8, 4) is 0 Å². The van der Waals surface area contributed by atoms with Crippen molar-refractivity contribution in [3.63, 3.8) is 0 Å². The summed E-state index contributed by atoms with van der Waals surface area (Å²) >= 11 is 0. The maximum Gasteiger partial charge on any atom is 0.407 e. The summed E-state index contributed by atoms with van der Waals surface area (Å²) in [5, 5.41) is 2.31. The number of aryl methyl sites for hydroxylation is 1. The van der Waals surface area contributed by atoms with Crippen LogP contribution in [0.25, 0.3) is 0 Å². The number of ether oxygens (including phenoxy) is 3. The van der Waals surface area contributed by atoms with Crippen LogP contribution in [0.5, 0.6) is 0 Å². The lowest BCUT2D eigenvalue weighted by Crippen LogP contribution is -2.34. The molecule has 0 bridgehead atoms. The third kappa shape index (κ3) is 10.0. The molecule has 0 aromatic heterocycles. The van der Waals surface area contributed by atoms with Crippen molar-refractivity contribution in [1.29, 1.82) is 0 Å². The maximum atomic E-state index is 12.6. The van der Waals surface area contributed by atoms with E-state index in [1.54, 1.807) is 24.3 Å². The summed E-state index contributed by atoms with van der Waals surface area (Å²) < 4.78 is 46.3. The number of esters is 1. The summed E-state index contributed by atoms with van der Waals surface area (Å²) in [5.41, 5.74) is 2.56. The zero-order chi connectivity index (χ0) is 26.5. The number of hydrogen-bond acceptors (Lipinski definition) is 8. The van der Waals surface area contributed by atoms with Crippen LogP contribution < -0.4 is 5.32 Å². The van der Waals surface area contributed by atoms with E-state index in [9.17, 15) is 18.0 Å². The highest BCUT2D eigenvalue weighted by atomic mass is 32.2. The van der Waals surface area contributed by atoms with Gasteiger partial charge in [0.25, 0.3) is 10.1 Å². The van der Waals surface area contributed by atoms with Crippen molar-refractivity contribution in [1.82, 2.24) is 5.32 Å². The molecule has 0 aliphatic rings. The standard InChI is InChI=1S/C27H29NO8S/c1-21-12-14-25(15-13-21)37(31,32)36-20-24(33-17-22-8-4-2-5-9-22)19-34-26(29)16-28-27(30)35-18-23-10-6-3-7-11-23/h2-15,24H,16-20H2,1H3,(H,28,30). The summed E-state index contributed by atoms with van der Waals surface area (Å²) in [7, 11) is -4.04. The fourth-order valence-electron chi connectivity index (χ4n) is 3.03. The highest BCUT2D eigenvalue weighted by molar-refractivity contribution is 7.86. The number of alkyl carbamates (subject to hydrolysis) is 1. The van der Waals surface area contributed by atoms with E-state index in [1.165, 1.54) is 12.1 Å². The van der Waals surface area contributed by atoms with Crippen molar-refractivity contribution in [2.75, 3.05) is 19.8 Å². The number of nitrogens with one attached hydrogen (secondary N) is 1. The minimum atomic E-state index is -4.04. The van der Waals surface area contributed by atoms with Gasteiger partial charge in [0.05, 0.1) is 18.1 Å². The molecule has 0 spiro atoms. The Balaban J connectivity index is 1.49. The van der Waals surface area contributed by atoms with Gasteiger partial charge in [-0.2, -0.15) is 8.42 Å². The van der Waals surface area contributed by atoms with Crippen LogP contribution in [0, 0.1) is 6.92 Å². The molecule has 0 saturated heterocycles. The Labute approximate surface area is 216 Å². The van der Waals surface area contributed by atoms with E-state index in [0.29, 0.717) is 0 Å². The predicted molar refractivity (Wildman–Crippen MR) is 135 cm³/mol. The molecule has 9 nitrogen and oxygen atoms in total. The van der Waals surface area contributed by atoms with Crippen molar-refractivity contribution < 1.29 is 36.4 Å². The molecule has 10 heteroatoms. The third-order valence-electron chi connectivity index (χ3n) is 5.07. The van der Waals surface area contributed by atoms with Crippen LogP contribution in [0.4, 0.5) is 4.79 Å². The average Bonchev–Trinajstić information content (AvgIpc) is 2.91. The molecule has 3 aromatic rings. The first kappa shape index (κ1) is 27.9. The quantitative estimate of drug-likeness (QED) is 0.264. The van der Waals surface area contributed by atoms with E-state index in [2.05, 4.69) is 5.32 Å². The fraction of sp³-hybridized carbons (Fsp3) is 0.259. The van der Waals surface area contributed by atoms with Gasteiger partial charge in [0.2, 0.25) is 0 Å². The number of benzene rings is 3. The van der Waals surface area contributed by atoms with E-state index in [-0.39, 0.29) is 31.3 Å². The second-order valence-corrected chi connectivity index (χ2v) is 9.68. The molecule has 1 amide bonds. The van der Waals surface area contributed by atoms with Gasteiger partial charge in [-0.15, -0.1) is 0 Å². The Hall–Kier alpha value is -3.73. The molecule has 0 aliphatic carbocycles. The third-order valence-corrected chi connectivity index (χ3v) is 6.36. The lowest BCUT2D eigenvalue weighted by Gasteiger charge is -2.18. The van der Waals surface area contributed by atoms with Crippen LogP contribution in [0.2, 0.25) is 0 Å². The van der Waals surface area contributed by atoms with E-state index < -0.39 is 34.8 Å². The largest absolute Gasteiger partial charge is 0.462 e. The van der Waals surface area contributed by atoms with E-state index >= 15 is 0 Å². The van der Waals surface area contributed by atoms with E-state index in [4.69, 9.17) is 18.4 Å². The summed E-state index contributed by atoms with van der Waals surface area (Å²) in [6.07, 6.45) is -1.65. The molecule has 0 radical (unpaired) electrons. The van der Waals surface area contributed by atoms with Gasteiger partial charge in [0.1, 0.15) is 25.9 Å². The molecule has 0 aliphatic heterocycles. The van der Waals surface area contributed by atoms with Crippen molar-refractivity contribution in [3.05, 3.63) is 102 Å². The highest BCUT2D eigenvalue weighted by Gasteiger charge is 2.21. The Bertz CT molecular complexity index is 1230. The van der Waals surface area contributed by atoms with Crippen LogP contribution in [-0.4, -0.2) is 46.3 Å². The van der Waals surface area contributed by atoms with Crippen molar-refractivity contribution in [2.24, 2.45) is 0 Å². The fourth-order valence-corrected chi connectivity index (χ4v) is 3.96. The average molecular weight is 528 g/mol. The lowest BCUT2D eigenvalue weighted by molar-refractivity contribution is -0.148. The minimum Gasteiger partial charge on any atom is -0.462 e. The lowest BCUT2D eigenvalue weighted by atomic mass is 10.2. The number of hydrogen-bond donors (Lipinski definition) is 1. The first-order chi connectivity index (χ1) is 17.8. The van der Waals surface area contributed by atoms with E-state index in [1.807, 2.05) is 55.5 Å². The zero-order valence-electron chi connectivity index (χ0n) is 20.4. The Kier molecular flexibility index (Phi) is 10.6. The molecule has 1 unspecified atom stereocenters. The monoisotopic (exact) mass is 527 g/mol.